The van der Waals surface area contributed by atoms with Crippen molar-refractivity contribution in [2.24, 2.45) is 11.0 Å². The number of aliphatic hydroxyl groups is 2. The molecule has 3 atom stereocenters. The molecule has 0 aliphatic carbocycles. The number of para-hydroxylation sites is 1. The molecule has 0 aromatic heterocycles. The summed E-state index contributed by atoms with van der Waals surface area (Å²) in [6, 6.07) is 9.33. The predicted octanol–water partition coefficient (Wildman–Crippen LogP) is 3.80. The second-order valence-electron chi connectivity index (χ2n) is 6.51. The van der Waals surface area contributed by atoms with Gasteiger partial charge in [0.2, 0.25) is 0 Å². The average molecular weight is 429 g/mol. The second-order valence-corrected chi connectivity index (χ2v) is 6.51. The van der Waals surface area contributed by atoms with Crippen molar-refractivity contribution in [2.75, 3.05) is 5.01 Å². The lowest BCUT2D eigenvalue weighted by Crippen LogP contribution is -2.37. The quantitative estimate of drug-likeness (QED) is 0.575. The lowest BCUT2D eigenvalue weighted by molar-refractivity contribution is -0.141. The molecular weight excluding hydrogens is 416 g/mol. The summed E-state index contributed by atoms with van der Waals surface area (Å²) in [7, 11) is 0. The van der Waals surface area contributed by atoms with E-state index in [1.54, 1.807) is 24.3 Å². The molecule has 158 valence electrons. The summed E-state index contributed by atoms with van der Waals surface area (Å²) in [4.78, 5) is 0. The van der Waals surface area contributed by atoms with Gasteiger partial charge in [-0.25, -0.2) is 18.2 Å². The van der Waals surface area contributed by atoms with Gasteiger partial charge in [0.1, 0.15) is 23.2 Å². The number of nitriles is 1. The van der Waals surface area contributed by atoms with Crippen LogP contribution >= 0.6 is 0 Å². The van der Waals surface area contributed by atoms with Gasteiger partial charge in [0.25, 0.3) is 0 Å². The summed E-state index contributed by atoms with van der Waals surface area (Å²) in [6.45, 7) is 0.581. The van der Waals surface area contributed by atoms with E-state index in [0.717, 1.165) is 5.01 Å². The molecule has 2 aromatic carbocycles. The Labute approximate surface area is 166 Å². The third-order valence-corrected chi connectivity index (χ3v) is 4.75. The van der Waals surface area contributed by atoms with E-state index in [0.29, 0.717) is 6.92 Å². The normalized spacial score (nSPS) is 20.1. The number of hydrogen-bond acceptors (Lipinski definition) is 5. The highest BCUT2D eigenvalue weighted by atomic mass is 19.4. The summed E-state index contributed by atoms with van der Waals surface area (Å²) < 4.78 is 82.1. The van der Waals surface area contributed by atoms with Crippen LogP contribution in [0.4, 0.5) is 32.0 Å². The summed E-state index contributed by atoms with van der Waals surface area (Å²) in [5.74, 6) is -8.25. The lowest BCUT2D eigenvalue weighted by atomic mass is 9.88. The van der Waals surface area contributed by atoms with Crippen molar-refractivity contribution in [1.29, 1.82) is 5.26 Å². The smallest absolute Gasteiger partial charge is 0.387 e. The van der Waals surface area contributed by atoms with E-state index in [4.69, 9.17) is 0 Å². The van der Waals surface area contributed by atoms with Crippen LogP contribution in [0.3, 0.4) is 0 Å². The zero-order valence-corrected chi connectivity index (χ0v) is 15.1. The highest BCUT2D eigenvalue weighted by Gasteiger charge is 2.47. The Morgan fingerprint density at radius 2 is 1.70 bits per heavy atom. The zero-order chi connectivity index (χ0) is 22.4. The fraction of sp³-hybridized carbons (Fsp3) is 0.263. The molecule has 0 radical (unpaired) electrons. The summed E-state index contributed by atoms with van der Waals surface area (Å²) in [6.07, 6.45) is -9.58. The van der Waals surface area contributed by atoms with Gasteiger partial charge in [0.05, 0.1) is 23.3 Å². The molecule has 0 saturated carbocycles. The van der Waals surface area contributed by atoms with Crippen LogP contribution in [-0.2, 0) is 6.18 Å². The first kappa shape index (κ1) is 21.6. The maximum Gasteiger partial charge on any atom is 0.419 e. The largest absolute Gasteiger partial charge is 0.419 e. The molecule has 0 bridgehead atoms. The predicted molar refractivity (Wildman–Crippen MR) is 92.5 cm³/mol. The SMILES string of the molecule is Cc1c(F)c(C(O)C2C(C#N)=NN(c3ccccc3)C2O)c(F)c(F)c1C(F)(F)F. The van der Waals surface area contributed by atoms with Gasteiger partial charge >= 0.3 is 6.18 Å². The number of alkyl halides is 3. The van der Waals surface area contributed by atoms with Gasteiger partial charge in [-0.15, -0.1) is 0 Å². The lowest BCUT2D eigenvalue weighted by Gasteiger charge is -2.27. The average Bonchev–Trinajstić information content (AvgIpc) is 3.02. The number of hydrogen-bond donors (Lipinski definition) is 2. The summed E-state index contributed by atoms with van der Waals surface area (Å²) in [5, 5.41) is 35.0. The first-order chi connectivity index (χ1) is 14.0. The second kappa shape index (κ2) is 7.62. The Balaban J connectivity index is 2.10. The van der Waals surface area contributed by atoms with Gasteiger partial charge < -0.3 is 10.2 Å². The Morgan fingerprint density at radius 1 is 1.10 bits per heavy atom. The highest BCUT2D eigenvalue weighted by molar-refractivity contribution is 6.03. The van der Waals surface area contributed by atoms with Crippen molar-refractivity contribution < 1.29 is 36.6 Å². The van der Waals surface area contributed by atoms with Crippen LogP contribution in [0.25, 0.3) is 0 Å². The van der Waals surface area contributed by atoms with Crippen LogP contribution in [0.2, 0.25) is 0 Å². The van der Waals surface area contributed by atoms with Crippen LogP contribution in [0, 0.1) is 41.6 Å². The molecule has 0 spiro atoms. The minimum absolute atomic E-state index is 0.267. The number of hydrazone groups is 1. The molecule has 3 rings (SSSR count). The zero-order valence-electron chi connectivity index (χ0n) is 15.1. The Bertz CT molecular complexity index is 1020. The van der Waals surface area contributed by atoms with Gasteiger partial charge in [0.15, 0.2) is 17.9 Å². The monoisotopic (exact) mass is 429 g/mol. The molecule has 3 unspecified atom stereocenters. The number of benzene rings is 2. The number of aliphatic hydroxyl groups excluding tert-OH is 2. The van der Waals surface area contributed by atoms with Crippen molar-refractivity contribution in [2.45, 2.75) is 25.4 Å². The van der Waals surface area contributed by atoms with Gasteiger partial charge in [-0.1, -0.05) is 18.2 Å². The molecular formula is C19H13F6N3O2. The Morgan fingerprint density at radius 3 is 2.23 bits per heavy atom. The van der Waals surface area contributed by atoms with Crippen LogP contribution in [0.5, 0.6) is 0 Å². The van der Waals surface area contributed by atoms with Crippen molar-refractivity contribution in [3.8, 4) is 6.07 Å². The molecule has 2 aromatic rings. The fourth-order valence-electron chi connectivity index (χ4n) is 3.31. The molecule has 5 nitrogen and oxygen atoms in total. The van der Waals surface area contributed by atoms with Crippen LogP contribution in [-0.4, -0.2) is 22.2 Å². The van der Waals surface area contributed by atoms with Crippen LogP contribution < -0.4 is 5.01 Å². The standard InChI is InChI=1S/C19H13F6N3O2/c1-8-13(19(23,24)25)16(22)15(21)12(14(8)20)17(29)11-10(7-26)27-28(18(11)30)9-5-3-2-4-6-9/h2-6,11,17-18,29-30H,1H3. The molecule has 30 heavy (non-hydrogen) atoms. The van der Waals surface area contributed by atoms with Gasteiger partial charge in [-0.2, -0.15) is 23.5 Å². The third-order valence-electron chi connectivity index (χ3n) is 4.75. The first-order valence-corrected chi connectivity index (χ1v) is 8.43. The Hall–Kier alpha value is -3.10. The van der Waals surface area contributed by atoms with Crippen molar-refractivity contribution >= 4 is 11.4 Å². The van der Waals surface area contributed by atoms with Crippen molar-refractivity contribution in [1.82, 2.24) is 0 Å². The number of nitrogens with zero attached hydrogens (tertiary/aromatic N) is 3. The van der Waals surface area contributed by atoms with Gasteiger partial charge in [-0.3, -0.25) is 0 Å². The molecule has 2 N–H and O–H groups in total. The van der Waals surface area contributed by atoms with Crippen molar-refractivity contribution in [3.63, 3.8) is 0 Å². The molecule has 0 amide bonds. The molecule has 0 fully saturated rings. The first-order valence-electron chi connectivity index (χ1n) is 8.43. The van der Waals surface area contributed by atoms with E-state index in [1.165, 1.54) is 12.1 Å². The third kappa shape index (κ3) is 3.38. The molecule has 1 heterocycles. The van der Waals surface area contributed by atoms with E-state index >= 15 is 0 Å². The molecule has 0 saturated heterocycles. The highest BCUT2D eigenvalue weighted by Crippen LogP contribution is 2.42. The fourth-order valence-corrected chi connectivity index (χ4v) is 3.31. The van der Waals surface area contributed by atoms with E-state index in [1.807, 2.05) is 0 Å². The van der Waals surface area contributed by atoms with E-state index in [9.17, 15) is 41.8 Å². The number of halogens is 6. The molecule has 1 aliphatic heterocycles. The van der Waals surface area contributed by atoms with E-state index < -0.39 is 64.3 Å². The topological polar surface area (TPSA) is 79.8 Å². The van der Waals surface area contributed by atoms with E-state index in [2.05, 4.69) is 5.10 Å². The Kier molecular flexibility index (Phi) is 5.49. The molecule has 11 heteroatoms. The number of rotatable bonds is 3. The minimum atomic E-state index is -5.38. The minimum Gasteiger partial charge on any atom is -0.387 e. The van der Waals surface area contributed by atoms with Crippen LogP contribution in [0.1, 0.15) is 22.8 Å². The van der Waals surface area contributed by atoms with Crippen molar-refractivity contribution in [3.05, 3.63) is 64.5 Å². The summed E-state index contributed by atoms with van der Waals surface area (Å²) in [5.41, 5.74) is -5.11. The van der Waals surface area contributed by atoms with Gasteiger partial charge in [0, 0.05) is 5.56 Å². The van der Waals surface area contributed by atoms with E-state index in [-0.39, 0.29) is 5.69 Å². The number of anilines is 1. The molecule has 1 aliphatic rings. The summed E-state index contributed by atoms with van der Waals surface area (Å²) >= 11 is 0. The van der Waals surface area contributed by atoms with Crippen LogP contribution in [0.15, 0.2) is 35.4 Å². The maximum absolute atomic E-state index is 14.6. The van der Waals surface area contributed by atoms with Gasteiger partial charge in [-0.05, 0) is 19.1 Å². The maximum atomic E-state index is 14.6.